The molecule has 1 N–H and O–H groups in total. The van der Waals surface area contributed by atoms with Crippen molar-refractivity contribution in [1.82, 2.24) is 0 Å². The van der Waals surface area contributed by atoms with Crippen LogP contribution in [0.5, 0.6) is 0 Å². The molecule has 0 saturated heterocycles. The molecule has 0 heterocycles. The molecule has 1 aliphatic carbocycles. The maximum absolute atomic E-state index is 15.8. The minimum atomic E-state index is -5.05. The van der Waals surface area contributed by atoms with E-state index in [1.165, 1.54) is 28.5 Å². The van der Waals surface area contributed by atoms with Gasteiger partial charge in [0.2, 0.25) is 5.41 Å². The molecule has 258 valence electrons. The van der Waals surface area contributed by atoms with Gasteiger partial charge in [-0.25, -0.2) is 4.39 Å². The van der Waals surface area contributed by atoms with Crippen LogP contribution in [0.15, 0.2) is 106 Å². The van der Waals surface area contributed by atoms with Gasteiger partial charge in [-0.15, -0.1) is 6.42 Å². The largest absolute Gasteiger partial charge is 0.400 e. The Morgan fingerprint density at radius 3 is 1.77 bits per heavy atom. The molecule has 48 heavy (non-hydrogen) atoms. The van der Waals surface area contributed by atoms with E-state index in [1.807, 2.05) is 86.5 Å². The van der Waals surface area contributed by atoms with Gasteiger partial charge in [0, 0.05) is 74.1 Å². The van der Waals surface area contributed by atoms with E-state index in [1.54, 1.807) is 24.3 Å². The van der Waals surface area contributed by atoms with Crippen molar-refractivity contribution in [2.45, 2.75) is 23.7 Å². The number of alkyl halides is 5. The van der Waals surface area contributed by atoms with Crippen molar-refractivity contribution in [3.63, 3.8) is 0 Å². The first-order valence-corrected chi connectivity index (χ1v) is 16.5. The highest BCUT2D eigenvalue weighted by atomic mass is 32.2. The summed E-state index contributed by atoms with van der Waals surface area (Å²) in [6, 6.07) is 15.1. The molecule has 2 atom stereocenters. The van der Waals surface area contributed by atoms with Gasteiger partial charge in [-0.1, -0.05) is 58.3 Å². The van der Waals surface area contributed by atoms with E-state index >= 15 is 22.0 Å². The zero-order valence-electron chi connectivity index (χ0n) is 27.6. The molecule has 0 spiro atoms. The molecule has 4 nitrogen and oxygen atoms in total. The molecule has 0 saturated carbocycles. The summed E-state index contributed by atoms with van der Waals surface area (Å²) in [5.74, 6) is -9.90. The Balaban J connectivity index is 0.00000392. The number of aliphatic hydroxyl groups excluding tert-OH is 1. The molecule has 12 heteroatoms. The monoisotopic (exact) mass is 722 g/mol. The topological polar surface area (TPSA) is 35.9 Å². The lowest BCUT2D eigenvalue weighted by molar-refractivity contribution is -0.206. The summed E-state index contributed by atoms with van der Waals surface area (Å²) in [5.41, 5.74) is 1.15. The highest BCUT2D eigenvalue weighted by Gasteiger charge is 2.76. The van der Waals surface area contributed by atoms with E-state index in [2.05, 4.69) is 11.8 Å². The summed E-state index contributed by atoms with van der Waals surface area (Å²) in [5, 5.41) is 5.65. The highest BCUT2D eigenvalue weighted by Crippen LogP contribution is 2.63. The number of rotatable bonds is 13. The molecule has 3 rings (SSSR count). The van der Waals surface area contributed by atoms with Gasteiger partial charge in [-0.2, -0.15) is 17.6 Å². The fourth-order valence-electron chi connectivity index (χ4n) is 4.57. The molecule has 0 fully saturated rings. The highest BCUT2D eigenvalue weighted by molar-refractivity contribution is 8.07. The molecule has 1 aliphatic rings. The van der Waals surface area contributed by atoms with E-state index in [4.69, 9.17) is 15.7 Å². The number of allylic oxidation sites excluding steroid dienone is 7. The van der Waals surface area contributed by atoms with Crippen molar-refractivity contribution in [1.29, 1.82) is 0 Å². The van der Waals surface area contributed by atoms with Gasteiger partial charge in [-0.3, -0.25) is 0 Å². The van der Waals surface area contributed by atoms with E-state index in [0.717, 1.165) is 53.4 Å². The van der Waals surface area contributed by atoms with Crippen LogP contribution in [-0.2, 0) is 4.18 Å². The second kappa shape index (κ2) is 17.9. The van der Waals surface area contributed by atoms with Gasteiger partial charge in [0.1, 0.15) is 0 Å². The van der Waals surface area contributed by atoms with Crippen molar-refractivity contribution in [3.05, 3.63) is 117 Å². The van der Waals surface area contributed by atoms with E-state index in [9.17, 15) is 0 Å². The molecule has 2 aromatic carbocycles. The van der Waals surface area contributed by atoms with Crippen LogP contribution in [-0.4, -0.2) is 64.8 Å². The van der Waals surface area contributed by atoms with Gasteiger partial charge in [0.15, 0.2) is 0 Å². The number of terminal acetylenes is 1. The number of thioether (sulfide) groups is 1. The maximum atomic E-state index is 15.8. The predicted molar refractivity (Wildman–Crippen MR) is 199 cm³/mol. The van der Waals surface area contributed by atoms with Gasteiger partial charge >= 0.3 is 11.8 Å². The van der Waals surface area contributed by atoms with Gasteiger partial charge in [0.05, 0.1) is 7.11 Å². The van der Waals surface area contributed by atoms with Crippen molar-refractivity contribution >= 4 is 56.6 Å². The quantitative estimate of drug-likeness (QED) is 0.0730. The molecule has 0 bridgehead atoms. The average Bonchev–Trinajstić information content (AvgIpc) is 3.15. The van der Waals surface area contributed by atoms with Crippen molar-refractivity contribution in [2.75, 3.05) is 52.2 Å². The zero-order valence-corrected chi connectivity index (χ0v) is 30.4. The number of hydrogen-bond acceptors (Lipinski definition) is 6. The molecular weight excluding hydrogens is 683 g/mol. The lowest BCUT2D eigenvalue weighted by atomic mass is 9.98. The Morgan fingerprint density at radius 2 is 1.35 bits per heavy atom. The molecular formula is C36H40F5N2O2PS2. The van der Waals surface area contributed by atoms with Crippen molar-refractivity contribution in [2.24, 2.45) is 0 Å². The van der Waals surface area contributed by atoms with Crippen LogP contribution in [0.25, 0.3) is 12.2 Å². The standard InChI is InChI=1S/C35H36F5N2OPS2.CH4O/c1-8-45-29(19-13-25-9-15-27(16-10-25)41(3)4)21-22-31-32(33(36,37)35(39,40)34(31,38)44)24(2)23-30(46-43-7)20-14-26-11-17-28(18-12-26)42(5)6;1-2/h1,9-21,23H,2,22,44H2,3-7H3;2H,1H3/b19-13+,20-14+,29-21-,30-23-;. The minimum absolute atomic E-state index is 0.289. The van der Waals surface area contributed by atoms with E-state index < -0.39 is 40.4 Å². The number of anilines is 2. The van der Waals surface area contributed by atoms with Crippen LogP contribution < -0.4 is 9.80 Å². The third-order valence-corrected chi connectivity index (χ3v) is 9.09. The van der Waals surface area contributed by atoms with Crippen LogP contribution in [0.4, 0.5) is 33.3 Å². The lowest BCUT2D eigenvalue weighted by Gasteiger charge is -2.28. The first-order chi connectivity index (χ1) is 22.6. The van der Waals surface area contributed by atoms with Crippen LogP contribution in [0.1, 0.15) is 17.5 Å². The summed E-state index contributed by atoms with van der Waals surface area (Å²) < 4.78 is 81.9. The lowest BCUT2D eigenvalue weighted by Crippen LogP contribution is -2.48. The summed E-state index contributed by atoms with van der Waals surface area (Å²) in [6.45, 7) is 3.67. The molecule has 0 aromatic heterocycles. The van der Waals surface area contributed by atoms with Crippen molar-refractivity contribution in [3.8, 4) is 11.7 Å². The summed E-state index contributed by atoms with van der Waals surface area (Å²) >= 11 is 1.75. The Bertz CT molecular complexity index is 1610. The second-order valence-corrected chi connectivity index (χ2v) is 13.4. The fraction of sp³-hybridized carbons (Fsp3) is 0.278. The fourth-order valence-corrected chi connectivity index (χ4v) is 5.96. The third kappa shape index (κ3) is 9.67. The summed E-state index contributed by atoms with van der Waals surface area (Å²) in [7, 11) is 11.3. The molecule has 0 amide bonds. The Labute approximate surface area is 291 Å². The second-order valence-electron chi connectivity index (χ2n) is 10.7. The van der Waals surface area contributed by atoms with Gasteiger partial charge in [-0.05, 0) is 88.2 Å². The predicted octanol–water partition coefficient (Wildman–Crippen LogP) is 9.61. The summed E-state index contributed by atoms with van der Waals surface area (Å²) in [4.78, 5) is 4.56. The van der Waals surface area contributed by atoms with Crippen LogP contribution in [0.2, 0.25) is 0 Å². The Morgan fingerprint density at radius 1 is 0.896 bits per heavy atom. The zero-order chi connectivity index (χ0) is 36.3. The Hall–Kier alpha value is -3.26. The molecule has 0 radical (unpaired) electrons. The average molecular weight is 723 g/mol. The van der Waals surface area contributed by atoms with Crippen LogP contribution >= 0.6 is 33.0 Å². The van der Waals surface area contributed by atoms with Crippen LogP contribution in [0, 0.1) is 11.7 Å². The van der Waals surface area contributed by atoms with Crippen molar-refractivity contribution < 1.29 is 31.2 Å². The molecule has 2 unspecified atom stereocenters. The summed E-state index contributed by atoms with van der Waals surface area (Å²) in [6.07, 6.45) is 14.1. The van der Waals surface area contributed by atoms with Gasteiger partial charge in [0.25, 0.3) is 0 Å². The third-order valence-electron chi connectivity index (χ3n) is 7.11. The molecule has 0 aliphatic heterocycles. The maximum Gasteiger partial charge on any atom is 0.354 e. The number of nitrogens with zero attached hydrogens (tertiary/aromatic N) is 2. The van der Waals surface area contributed by atoms with Crippen LogP contribution in [0.3, 0.4) is 0 Å². The smallest absolute Gasteiger partial charge is 0.354 e. The normalized spacial score (nSPS) is 18.9. The van der Waals surface area contributed by atoms with E-state index in [0.29, 0.717) is 4.91 Å². The number of hydrogen-bond donors (Lipinski definition) is 1. The van der Waals surface area contributed by atoms with E-state index in [-0.39, 0.29) is 4.91 Å². The number of benzene rings is 2. The Kier molecular flexibility index (Phi) is 15.3. The van der Waals surface area contributed by atoms with Gasteiger partial charge < -0.3 is 19.1 Å². The first kappa shape index (κ1) is 40.9. The molecule has 2 aromatic rings. The number of halogens is 5. The SMILES string of the molecule is C#CSC(=C\CC1=C(C(=C)/C=C(/C=C/c2ccc(N(C)C)cc2)SOC)C(F)(F)C(F)(F)C1(F)P)/C=C/c1ccc(N(C)C)cc1.CO. The minimum Gasteiger partial charge on any atom is -0.400 e. The number of aliphatic hydroxyl groups is 1. The first-order valence-electron chi connectivity index (χ1n) is 14.3.